The molecule has 1 aromatic carbocycles. The first-order valence-corrected chi connectivity index (χ1v) is 4.98. The van der Waals surface area contributed by atoms with Crippen LogP contribution in [0.3, 0.4) is 0 Å². The van der Waals surface area contributed by atoms with Gasteiger partial charge < -0.3 is 4.29 Å². The Balaban J connectivity index is 2.14. The predicted molar refractivity (Wildman–Crippen MR) is 56.9 cm³/mol. The Labute approximate surface area is 101 Å². The van der Waals surface area contributed by atoms with Gasteiger partial charge in [-0.25, -0.2) is 14.2 Å². The highest BCUT2D eigenvalue weighted by Gasteiger charge is 2.13. The van der Waals surface area contributed by atoms with E-state index in [0.29, 0.717) is 17.8 Å². The number of halogens is 2. The Morgan fingerprint density at radius 1 is 1.53 bits per heavy atom. The number of H-pyrrole nitrogens is 1. The molecular weight excluding hydrogens is 249 g/mol. The number of benzene rings is 1. The van der Waals surface area contributed by atoms with Crippen LogP contribution in [-0.4, -0.2) is 21.2 Å². The summed E-state index contributed by atoms with van der Waals surface area (Å²) in [6, 6.07) is 6.06. The van der Waals surface area contributed by atoms with Crippen molar-refractivity contribution in [2.24, 2.45) is 0 Å². The van der Waals surface area contributed by atoms with Crippen LogP contribution in [0.1, 0.15) is 22.0 Å². The molecule has 0 fully saturated rings. The van der Waals surface area contributed by atoms with Crippen LogP contribution in [0.4, 0.5) is 4.39 Å². The van der Waals surface area contributed by atoms with Crippen molar-refractivity contribution in [1.29, 1.82) is 0 Å². The van der Waals surface area contributed by atoms with Crippen LogP contribution in [-0.2, 0) is 10.7 Å². The number of aromatic nitrogens is 3. The number of hydrogen-bond donors (Lipinski definition) is 1. The summed E-state index contributed by atoms with van der Waals surface area (Å²) in [5, 5.41) is 6.16. The fraction of sp³-hybridized carbons (Fsp3) is 0.100. The van der Waals surface area contributed by atoms with Crippen molar-refractivity contribution < 1.29 is 13.5 Å². The Kier molecular flexibility index (Phi) is 3.34. The molecule has 1 heterocycles. The van der Waals surface area contributed by atoms with E-state index in [9.17, 15) is 9.18 Å². The fourth-order valence-corrected chi connectivity index (χ4v) is 1.41. The molecule has 2 rings (SSSR count). The molecule has 1 N–H and O–H groups in total. The molecule has 7 heteroatoms. The lowest BCUT2D eigenvalue weighted by molar-refractivity contribution is 0.0739. The molecule has 0 aliphatic rings. The van der Waals surface area contributed by atoms with Crippen molar-refractivity contribution in [2.45, 2.75) is 6.42 Å². The summed E-state index contributed by atoms with van der Waals surface area (Å²) >= 11 is 4.88. The molecule has 5 nitrogen and oxygen atoms in total. The SMILES string of the molecule is O=C(OCl)c1n[nH]c(Cc2cccc(F)c2)n1. The van der Waals surface area contributed by atoms with Gasteiger partial charge in [0.1, 0.15) is 23.5 Å². The highest BCUT2D eigenvalue weighted by molar-refractivity contribution is 6.15. The van der Waals surface area contributed by atoms with E-state index in [1.165, 1.54) is 12.1 Å². The highest BCUT2D eigenvalue weighted by Crippen LogP contribution is 2.08. The molecule has 0 amide bonds. The number of rotatable bonds is 3. The number of nitrogens with zero attached hydrogens (tertiary/aromatic N) is 2. The van der Waals surface area contributed by atoms with Gasteiger partial charge in [0, 0.05) is 6.42 Å². The average Bonchev–Trinajstić information content (AvgIpc) is 2.76. The molecule has 0 unspecified atom stereocenters. The summed E-state index contributed by atoms with van der Waals surface area (Å²) < 4.78 is 16.9. The van der Waals surface area contributed by atoms with E-state index in [4.69, 9.17) is 11.9 Å². The topological polar surface area (TPSA) is 67.9 Å². The maximum Gasteiger partial charge on any atom is 0.396 e. The number of carbonyl (C=O) groups excluding carboxylic acids is 1. The van der Waals surface area contributed by atoms with Crippen molar-refractivity contribution in [3.63, 3.8) is 0 Å². The lowest BCUT2D eigenvalue weighted by Crippen LogP contribution is -2.00. The third kappa shape index (κ3) is 2.79. The summed E-state index contributed by atoms with van der Waals surface area (Å²) in [6.45, 7) is 0. The molecule has 1 aromatic heterocycles. The van der Waals surface area contributed by atoms with E-state index in [0.717, 1.165) is 0 Å². The van der Waals surface area contributed by atoms with E-state index in [2.05, 4.69) is 19.5 Å². The molecule has 2 aromatic rings. The summed E-state index contributed by atoms with van der Waals surface area (Å²) in [5.74, 6) is -0.908. The molecule has 88 valence electrons. The molecule has 0 bridgehead atoms. The predicted octanol–water partition coefficient (Wildman–Crippen LogP) is 1.85. The molecule has 0 aliphatic carbocycles. The Bertz CT molecular complexity index is 544. The fourth-order valence-electron chi connectivity index (χ4n) is 1.34. The van der Waals surface area contributed by atoms with Gasteiger partial charge in [-0.2, -0.15) is 0 Å². The van der Waals surface area contributed by atoms with E-state index < -0.39 is 5.97 Å². The summed E-state index contributed by atoms with van der Waals surface area (Å²) in [4.78, 5) is 14.8. The number of aromatic amines is 1. The first-order chi connectivity index (χ1) is 8.19. The van der Waals surface area contributed by atoms with Gasteiger partial charge in [-0.15, -0.1) is 5.10 Å². The number of hydrogen-bond acceptors (Lipinski definition) is 4. The first kappa shape index (κ1) is 11.5. The lowest BCUT2D eigenvalue weighted by atomic mass is 10.1. The number of carbonyl (C=O) groups is 1. The maximum atomic E-state index is 12.9. The van der Waals surface area contributed by atoms with Crippen molar-refractivity contribution in [3.8, 4) is 0 Å². The minimum Gasteiger partial charge on any atom is -0.341 e. The highest BCUT2D eigenvalue weighted by atomic mass is 35.5. The zero-order valence-corrected chi connectivity index (χ0v) is 9.24. The summed E-state index contributed by atoms with van der Waals surface area (Å²) in [5.41, 5.74) is 0.715. The van der Waals surface area contributed by atoms with Crippen LogP contribution in [0.25, 0.3) is 0 Å². The molecule has 0 saturated carbocycles. The van der Waals surface area contributed by atoms with Crippen LogP contribution in [0.5, 0.6) is 0 Å². The first-order valence-electron chi connectivity index (χ1n) is 4.67. The normalized spacial score (nSPS) is 10.2. The van der Waals surface area contributed by atoms with E-state index in [1.54, 1.807) is 12.1 Å². The number of nitrogens with one attached hydrogen (secondary N) is 1. The molecule has 0 saturated heterocycles. The van der Waals surface area contributed by atoms with E-state index in [1.807, 2.05) is 0 Å². The smallest absolute Gasteiger partial charge is 0.341 e. The Morgan fingerprint density at radius 3 is 3.06 bits per heavy atom. The summed E-state index contributed by atoms with van der Waals surface area (Å²) in [6.07, 6.45) is 0.334. The molecule has 0 spiro atoms. The van der Waals surface area contributed by atoms with E-state index >= 15 is 0 Å². The van der Waals surface area contributed by atoms with Gasteiger partial charge >= 0.3 is 5.97 Å². The van der Waals surface area contributed by atoms with Gasteiger partial charge in [0.15, 0.2) is 0 Å². The monoisotopic (exact) mass is 255 g/mol. The van der Waals surface area contributed by atoms with Crippen molar-refractivity contribution >= 4 is 17.8 Å². The van der Waals surface area contributed by atoms with Gasteiger partial charge in [-0.3, -0.25) is 5.10 Å². The molecule has 0 atom stereocenters. The van der Waals surface area contributed by atoms with Crippen LogP contribution in [0.15, 0.2) is 24.3 Å². The Morgan fingerprint density at radius 2 is 2.35 bits per heavy atom. The molecular formula is C10H7ClFN3O2. The van der Waals surface area contributed by atoms with Crippen molar-refractivity contribution in [1.82, 2.24) is 15.2 Å². The second-order valence-electron chi connectivity index (χ2n) is 3.28. The second kappa shape index (κ2) is 4.92. The second-order valence-corrected chi connectivity index (χ2v) is 3.43. The molecule has 17 heavy (non-hydrogen) atoms. The van der Waals surface area contributed by atoms with Gasteiger partial charge in [-0.05, 0) is 17.7 Å². The summed E-state index contributed by atoms with van der Waals surface area (Å²) in [7, 11) is 0. The zero-order chi connectivity index (χ0) is 12.3. The van der Waals surface area contributed by atoms with E-state index in [-0.39, 0.29) is 11.6 Å². The Hall–Kier alpha value is -1.95. The average molecular weight is 256 g/mol. The van der Waals surface area contributed by atoms with Crippen molar-refractivity contribution in [2.75, 3.05) is 0 Å². The van der Waals surface area contributed by atoms with Crippen LogP contribution >= 0.6 is 11.9 Å². The third-order valence-electron chi connectivity index (χ3n) is 2.04. The van der Waals surface area contributed by atoms with Crippen LogP contribution < -0.4 is 0 Å². The molecule has 0 radical (unpaired) electrons. The lowest BCUT2D eigenvalue weighted by Gasteiger charge is -1.97. The maximum absolute atomic E-state index is 12.9. The minimum atomic E-state index is -0.839. The quantitative estimate of drug-likeness (QED) is 0.909. The van der Waals surface area contributed by atoms with Crippen molar-refractivity contribution in [3.05, 3.63) is 47.3 Å². The molecule has 0 aliphatic heterocycles. The van der Waals surface area contributed by atoms with Gasteiger partial charge in [0.2, 0.25) is 0 Å². The largest absolute Gasteiger partial charge is 0.396 e. The standard InChI is InChI=1S/C10H7ClFN3O2/c11-17-10(16)9-13-8(14-15-9)5-6-2-1-3-7(12)4-6/h1-4H,5H2,(H,13,14,15). The zero-order valence-electron chi connectivity index (χ0n) is 8.48. The van der Waals surface area contributed by atoms with Gasteiger partial charge in [0.05, 0.1) is 0 Å². The van der Waals surface area contributed by atoms with Gasteiger partial charge in [-0.1, -0.05) is 12.1 Å². The van der Waals surface area contributed by atoms with Crippen LogP contribution in [0, 0.1) is 5.82 Å². The van der Waals surface area contributed by atoms with Gasteiger partial charge in [0.25, 0.3) is 5.82 Å². The third-order valence-corrected chi connectivity index (χ3v) is 2.19. The minimum absolute atomic E-state index is 0.161. The van der Waals surface area contributed by atoms with Crippen LogP contribution in [0.2, 0.25) is 0 Å².